The normalized spacial score (nSPS) is 19.5. The third-order valence-electron chi connectivity index (χ3n) is 2.53. The SMILES string of the molecule is CC1=Cc2ccccc2C1C.[Na]. The van der Waals surface area contributed by atoms with E-state index in [1.54, 1.807) is 0 Å². The topological polar surface area (TPSA) is 0 Å². The monoisotopic (exact) mass is 167 g/mol. The van der Waals surface area contributed by atoms with Crippen molar-refractivity contribution in [3.63, 3.8) is 0 Å². The van der Waals surface area contributed by atoms with Gasteiger partial charge in [0.15, 0.2) is 0 Å². The Hall–Kier alpha value is -0.0400. The molecule has 0 aliphatic heterocycles. The summed E-state index contributed by atoms with van der Waals surface area (Å²) < 4.78 is 0. The Kier molecular flexibility index (Phi) is 3.16. The van der Waals surface area contributed by atoms with Crippen LogP contribution in [0.2, 0.25) is 0 Å². The van der Waals surface area contributed by atoms with Gasteiger partial charge >= 0.3 is 0 Å². The van der Waals surface area contributed by atoms with Gasteiger partial charge in [0.25, 0.3) is 0 Å². The molecule has 12 heavy (non-hydrogen) atoms. The predicted octanol–water partition coefficient (Wildman–Crippen LogP) is 2.83. The van der Waals surface area contributed by atoms with E-state index in [0.29, 0.717) is 5.92 Å². The molecule has 0 nitrogen and oxygen atoms in total. The maximum Gasteiger partial charge on any atom is 0.00263 e. The van der Waals surface area contributed by atoms with Gasteiger partial charge in [-0.25, -0.2) is 0 Å². The van der Waals surface area contributed by atoms with Crippen LogP contribution in [0.1, 0.15) is 30.9 Å². The predicted molar refractivity (Wildman–Crippen MR) is 54.3 cm³/mol. The minimum atomic E-state index is 0. The molecule has 1 unspecified atom stereocenters. The average molecular weight is 167 g/mol. The van der Waals surface area contributed by atoms with Crippen LogP contribution in [-0.2, 0) is 0 Å². The van der Waals surface area contributed by atoms with Crippen molar-refractivity contribution in [2.24, 2.45) is 0 Å². The van der Waals surface area contributed by atoms with E-state index in [4.69, 9.17) is 0 Å². The second kappa shape index (κ2) is 3.78. The van der Waals surface area contributed by atoms with Crippen LogP contribution in [0.3, 0.4) is 0 Å². The van der Waals surface area contributed by atoms with Crippen LogP contribution in [0.25, 0.3) is 6.08 Å². The van der Waals surface area contributed by atoms with Crippen molar-refractivity contribution in [3.05, 3.63) is 41.0 Å². The Balaban J connectivity index is 0.000000720. The van der Waals surface area contributed by atoms with Crippen molar-refractivity contribution < 1.29 is 0 Å². The summed E-state index contributed by atoms with van der Waals surface area (Å²) in [6.07, 6.45) is 2.28. The van der Waals surface area contributed by atoms with E-state index in [2.05, 4.69) is 44.2 Å². The number of benzene rings is 1. The largest absolute Gasteiger partial charge is 0.0655 e. The Morgan fingerprint density at radius 2 is 1.83 bits per heavy atom. The third-order valence-corrected chi connectivity index (χ3v) is 2.53. The second-order valence-electron chi connectivity index (χ2n) is 3.24. The Bertz CT molecular complexity index is 313. The van der Waals surface area contributed by atoms with Crippen LogP contribution in [0.5, 0.6) is 0 Å². The molecule has 1 aliphatic carbocycles. The molecule has 0 N–H and O–H groups in total. The van der Waals surface area contributed by atoms with Gasteiger partial charge < -0.3 is 0 Å². The molecule has 0 fully saturated rings. The molecule has 0 aromatic heterocycles. The first-order chi connectivity index (χ1) is 5.29. The van der Waals surface area contributed by atoms with Crippen molar-refractivity contribution in [2.75, 3.05) is 0 Å². The van der Waals surface area contributed by atoms with Crippen molar-refractivity contribution in [2.45, 2.75) is 19.8 Å². The van der Waals surface area contributed by atoms with E-state index in [1.807, 2.05) is 0 Å². The molecule has 57 valence electrons. The first kappa shape index (κ1) is 10.0. The van der Waals surface area contributed by atoms with Crippen LogP contribution in [0.4, 0.5) is 0 Å². The number of fused-ring (bicyclic) bond motifs is 1. The maximum atomic E-state index is 2.28. The van der Waals surface area contributed by atoms with Crippen molar-refractivity contribution in [3.8, 4) is 0 Å². The fraction of sp³-hybridized carbons (Fsp3) is 0.273. The number of hydrogen-bond acceptors (Lipinski definition) is 0. The van der Waals surface area contributed by atoms with Gasteiger partial charge in [-0.2, -0.15) is 0 Å². The summed E-state index contributed by atoms with van der Waals surface area (Å²) >= 11 is 0. The molecule has 0 spiro atoms. The molecule has 1 aromatic carbocycles. The smallest absolute Gasteiger partial charge is 0.00263 e. The van der Waals surface area contributed by atoms with Gasteiger partial charge in [-0.05, 0) is 18.1 Å². The summed E-state index contributed by atoms with van der Waals surface area (Å²) in [5.41, 5.74) is 4.36. The molecule has 1 aliphatic rings. The molecule has 0 saturated carbocycles. The fourth-order valence-electron chi connectivity index (χ4n) is 1.65. The molecule has 1 atom stereocenters. The van der Waals surface area contributed by atoms with E-state index in [1.165, 1.54) is 16.7 Å². The molecule has 0 amide bonds. The summed E-state index contributed by atoms with van der Waals surface area (Å²) in [4.78, 5) is 0. The molecule has 0 saturated heterocycles. The van der Waals surface area contributed by atoms with E-state index in [-0.39, 0.29) is 29.6 Å². The van der Waals surface area contributed by atoms with Gasteiger partial charge in [0.05, 0.1) is 0 Å². The summed E-state index contributed by atoms with van der Waals surface area (Å²) in [7, 11) is 0. The van der Waals surface area contributed by atoms with Crippen LogP contribution < -0.4 is 0 Å². The minimum absolute atomic E-state index is 0. The molecule has 0 heterocycles. The van der Waals surface area contributed by atoms with Crippen LogP contribution >= 0.6 is 0 Å². The first-order valence-corrected chi connectivity index (χ1v) is 4.06. The second-order valence-corrected chi connectivity index (χ2v) is 3.24. The number of allylic oxidation sites excluding steroid dienone is 1. The Morgan fingerprint density at radius 3 is 2.50 bits per heavy atom. The molecule has 1 heteroatoms. The van der Waals surface area contributed by atoms with Gasteiger partial charge in [-0.1, -0.05) is 42.8 Å². The van der Waals surface area contributed by atoms with E-state index in [9.17, 15) is 0 Å². The summed E-state index contributed by atoms with van der Waals surface area (Å²) in [5.74, 6) is 0.631. The minimum Gasteiger partial charge on any atom is -0.0655 e. The molecular weight excluding hydrogens is 155 g/mol. The van der Waals surface area contributed by atoms with Gasteiger partial charge in [0.2, 0.25) is 0 Å². The fourth-order valence-corrected chi connectivity index (χ4v) is 1.65. The zero-order valence-corrected chi connectivity index (χ0v) is 9.96. The van der Waals surface area contributed by atoms with Crippen molar-refractivity contribution in [1.82, 2.24) is 0 Å². The Morgan fingerprint density at radius 1 is 1.17 bits per heavy atom. The van der Waals surface area contributed by atoms with Gasteiger partial charge in [0.1, 0.15) is 0 Å². The van der Waals surface area contributed by atoms with E-state index < -0.39 is 0 Å². The standard InChI is InChI=1S/C11H12.Na/c1-8-7-10-5-3-4-6-11(10)9(8)2;/h3-7,9H,1-2H3;. The Labute approximate surface area is 96.0 Å². The number of rotatable bonds is 0. The molecule has 1 radical (unpaired) electrons. The number of hydrogen-bond donors (Lipinski definition) is 0. The maximum absolute atomic E-state index is 2.28. The van der Waals surface area contributed by atoms with Crippen LogP contribution in [0.15, 0.2) is 29.8 Å². The zero-order valence-electron chi connectivity index (χ0n) is 7.96. The quantitative estimate of drug-likeness (QED) is 0.521. The molecule has 2 rings (SSSR count). The van der Waals surface area contributed by atoms with E-state index >= 15 is 0 Å². The van der Waals surface area contributed by atoms with Crippen molar-refractivity contribution >= 4 is 35.6 Å². The van der Waals surface area contributed by atoms with Gasteiger partial charge in [-0.3, -0.25) is 0 Å². The zero-order chi connectivity index (χ0) is 7.84. The average Bonchev–Trinajstić information content (AvgIpc) is 2.30. The molecule has 1 aromatic rings. The van der Waals surface area contributed by atoms with Gasteiger partial charge in [-0.15, -0.1) is 0 Å². The molecule has 0 bridgehead atoms. The van der Waals surface area contributed by atoms with Crippen LogP contribution in [0, 0.1) is 0 Å². The third kappa shape index (κ3) is 1.52. The van der Waals surface area contributed by atoms with Crippen molar-refractivity contribution in [1.29, 1.82) is 0 Å². The molecular formula is C11H12Na. The van der Waals surface area contributed by atoms with E-state index in [0.717, 1.165) is 0 Å². The van der Waals surface area contributed by atoms with Crippen LogP contribution in [-0.4, -0.2) is 29.6 Å². The summed E-state index contributed by atoms with van der Waals surface area (Å²) in [6, 6.07) is 8.61. The summed E-state index contributed by atoms with van der Waals surface area (Å²) in [5, 5.41) is 0. The summed E-state index contributed by atoms with van der Waals surface area (Å²) in [6.45, 7) is 4.46. The van der Waals surface area contributed by atoms with Gasteiger partial charge in [0, 0.05) is 35.5 Å². The first-order valence-electron chi connectivity index (χ1n) is 4.06.